The summed E-state index contributed by atoms with van der Waals surface area (Å²) >= 11 is 0. The normalized spacial score (nSPS) is 11.3. The van der Waals surface area contributed by atoms with Crippen LogP contribution in [0.15, 0.2) is 77.7 Å². The van der Waals surface area contributed by atoms with Crippen LogP contribution in [0.4, 0.5) is 5.69 Å². The van der Waals surface area contributed by atoms with Crippen LogP contribution in [0.3, 0.4) is 0 Å². The highest BCUT2D eigenvalue weighted by Crippen LogP contribution is 2.24. The van der Waals surface area contributed by atoms with Crippen molar-refractivity contribution in [2.75, 3.05) is 5.73 Å². The molecule has 0 saturated carbocycles. The number of para-hydroxylation sites is 1. The van der Waals surface area contributed by atoms with Crippen molar-refractivity contribution < 1.29 is 13.2 Å². The standard InChI is InChI=1S/C20H20N2O3S/c1-15-4-2-3-5-20(15)25-18-10-6-16(7-11-18)14-22-26(23,24)19-12-8-17(21)9-13-19/h2-13,22H,14,21H2,1H3. The average molecular weight is 368 g/mol. The van der Waals surface area contributed by atoms with Crippen molar-refractivity contribution in [3.63, 3.8) is 0 Å². The van der Waals surface area contributed by atoms with E-state index in [1.807, 2.05) is 55.5 Å². The lowest BCUT2D eigenvalue weighted by molar-refractivity contribution is 0.478. The zero-order valence-electron chi connectivity index (χ0n) is 14.3. The quantitative estimate of drug-likeness (QED) is 0.648. The Kier molecular flexibility index (Phi) is 5.25. The van der Waals surface area contributed by atoms with Crippen LogP contribution < -0.4 is 15.2 Å². The molecule has 0 aliphatic heterocycles. The zero-order valence-corrected chi connectivity index (χ0v) is 15.2. The van der Waals surface area contributed by atoms with Gasteiger partial charge in [0, 0.05) is 12.2 Å². The van der Waals surface area contributed by atoms with Gasteiger partial charge < -0.3 is 10.5 Å². The summed E-state index contributed by atoms with van der Waals surface area (Å²) in [7, 11) is -3.58. The molecule has 3 aromatic carbocycles. The number of nitrogens with one attached hydrogen (secondary N) is 1. The summed E-state index contributed by atoms with van der Waals surface area (Å²) in [6.45, 7) is 2.17. The van der Waals surface area contributed by atoms with Crippen molar-refractivity contribution in [2.45, 2.75) is 18.4 Å². The summed E-state index contributed by atoms with van der Waals surface area (Å²) in [6, 6.07) is 21.2. The number of sulfonamides is 1. The van der Waals surface area contributed by atoms with Crippen LogP contribution in [0.2, 0.25) is 0 Å². The number of nitrogens with two attached hydrogens (primary N) is 1. The van der Waals surface area contributed by atoms with Crippen molar-refractivity contribution in [3.8, 4) is 11.5 Å². The van der Waals surface area contributed by atoms with Crippen molar-refractivity contribution in [1.82, 2.24) is 4.72 Å². The monoisotopic (exact) mass is 368 g/mol. The lowest BCUT2D eigenvalue weighted by Gasteiger charge is -2.10. The molecule has 0 aliphatic carbocycles. The van der Waals surface area contributed by atoms with E-state index < -0.39 is 10.0 Å². The number of nitrogen functional groups attached to an aromatic ring is 1. The number of rotatable bonds is 6. The lowest BCUT2D eigenvalue weighted by Crippen LogP contribution is -2.23. The predicted molar refractivity (Wildman–Crippen MR) is 103 cm³/mol. The van der Waals surface area contributed by atoms with Crippen molar-refractivity contribution >= 4 is 15.7 Å². The van der Waals surface area contributed by atoms with Gasteiger partial charge in [-0.15, -0.1) is 0 Å². The Morgan fingerprint density at radius 1 is 0.923 bits per heavy atom. The molecule has 6 heteroatoms. The van der Waals surface area contributed by atoms with Gasteiger partial charge >= 0.3 is 0 Å². The van der Waals surface area contributed by atoms with Crippen LogP contribution in [0.5, 0.6) is 11.5 Å². The van der Waals surface area contributed by atoms with E-state index in [1.165, 1.54) is 12.1 Å². The maximum Gasteiger partial charge on any atom is 0.240 e. The Bertz CT molecular complexity index is 982. The first kappa shape index (κ1) is 18.0. The Balaban J connectivity index is 1.64. The highest BCUT2D eigenvalue weighted by atomic mass is 32.2. The average Bonchev–Trinajstić information content (AvgIpc) is 2.63. The summed E-state index contributed by atoms with van der Waals surface area (Å²) < 4.78 is 33.0. The molecular weight excluding hydrogens is 348 g/mol. The third-order valence-electron chi connectivity index (χ3n) is 3.90. The second-order valence-corrected chi connectivity index (χ2v) is 7.67. The molecule has 0 amide bonds. The highest BCUT2D eigenvalue weighted by molar-refractivity contribution is 7.89. The van der Waals surface area contributed by atoms with Gasteiger partial charge in [0.2, 0.25) is 10.0 Å². The molecule has 5 nitrogen and oxygen atoms in total. The van der Waals surface area contributed by atoms with Gasteiger partial charge in [-0.3, -0.25) is 0 Å². The van der Waals surface area contributed by atoms with E-state index in [2.05, 4.69) is 4.72 Å². The smallest absolute Gasteiger partial charge is 0.240 e. The van der Waals surface area contributed by atoms with E-state index in [1.54, 1.807) is 12.1 Å². The third kappa shape index (κ3) is 4.41. The molecule has 3 aromatic rings. The largest absolute Gasteiger partial charge is 0.457 e. The van der Waals surface area contributed by atoms with Gasteiger partial charge in [-0.2, -0.15) is 0 Å². The second kappa shape index (κ2) is 7.59. The Labute approximate surface area is 153 Å². The molecule has 0 aromatic heterocycles. The molecule has 0 bridgehead atoms. The number of aryl methyl sites for hydroxylation is 1. The molecule has 0 atom stereocenters. The number of anilines is 1. The van der Waals surface area contributed by atoms with E-state index in [0.29, 0.717) is 11.4 Å². The Hall–Kier alpha value is -2.83. The second-order valence-electron chi connectivity index (χ2n) is 5.91. The molecule has 0 saturated heterocycles. The number of ether oxygens (including phenoxy) is 1. The summed E-state index contributed by atoms with van der Waals surface area (Å²) in [5, 5.41) is 0. The number of hydrogen-bond donors (Lipinski definition) is 2. The van der Waals surface area contributed by atoms with Crippen LogP contribution in [-0.4, -0.2) is 8.42 Å². The van der Waals surface area contributed by atoms with Gasteiger partial charge in [-0.25, -0.2) is 13.1 Å². The third-order valence-corrected chi connectivity index (χ3v) is 5.32. The van der Waals surface area contributed by atoms with Gasteiger partial charge in [-0.1, -0.05) is 30.3 Å². The first-order chi connectivity index (χ1) is 12.4. The number of benzene rings is 3. The fourth-order valence-electron chi connectivity index (χ4n) is 2.38. The van der Waals surface area contributed by atoms with Crippen LogP contribution in [0.25, 0.3) is 0 Å². The molecule has 0 fully saturated rings. The first-order valence-electron chi connectivity index (χ1n) is 8.12. The van der Waals surface area contributed by atoms with Gasteiger partial charge in [-0.05, 0) is 60.5 Å². The van der Waals surface area contributed by atoms with Crippen LogP contribution in [0.1, 0.15) is 11.1 Å². The molecule has 134 valence electrons. The molecule has 3 N–H and O–H groups in total. The molecule has 0 heterocycles. The maximum absolute atomic E-state index is 12.3. The molecule has 0 aliphatic rings. The topological polar surface area (TPSA) is 81.4 Å². The summed E-state index contributed by atoms with van der Waals surface area (Å²) in [5.74, 6) is 1.49. The SMILES string of the molecule is Cc1ccccc1Oc1ccc(CNS(=O)(=O)c2ccc(N)cc2)cc1. The molecule has 26 heavy (non-hydrogen) atoms. The van der Waals surface area contributed by atoms with E-state index in [0.717, 1.165) is 16.9 Å². The summed E-state index contributed by atoms with van der Waals surface area (Å²) in [6.07, 6.45) is 0. The minimum absolute atomic E-state index is 0.186. The number of hydrogen-bond acceptors (Lipinski definition) is 4. The van der Waals surface area contributed by atoms with Crippen molar-refractivity contribution in [2.24, 2.45) is 0 Å². The van der Waals surface area contributed by atoms with E-state index in [4.69, 9.17) is 10.5 Å². The van der Waals surface area contributed by atoms with E-state index in [9.17, 15) is 8.42 Å². The van der Waals surface area contributed by atoms with E-state index in [-0.39, 0.29) is 11.4 Å². The fraction of sp³-hybridized carbons (Fsp3) is 0.100. The van der Waals surface area contributed by atoms with Crippen molar-refractivity contribution in [3.05, 3.63) is 83.9 Å². The maximum atomic E-state index is 12.3. The predicted octanol–water partition coefficient (Wildman–Crippen LogP) is 3.85. The van der Waals surface area contributed by atoms with Gasteiger partial charge in [0.25, 0.3) is 0 Å². The lowest BCUT2D eigenvalue weighted by atomic mass is 10.2. The molecule has 0 radical (unpaired) electrons. The molecular formula is C20H20N2O3S. The van der Waals surface area contributed by atoms with Gasteiger partial charge in [0.1, 0.15) is 11.5 Å². The Morgan fingerprint density at radius 3 is 2.23 bits per heavy atom. The zero-order chi connectivity index (χ0) is 18.6. The van der Waals surface area contributed by atoms with Crippen molar-refractivity contribution in [1.29, 1.82) is 0 Å². The van der Waals surface area contributed by atoms with Crippen LogP contribution in [0, 0.1) is 6.92 Å². The summed E-state index contributed by atoms with van der Waals surface area (Å²) in [4.78, 5) is 0.186. The fourth-order valence-corrected chi connectivity index (χ4v) is 3.40. The minimum Gasteiger partial charge on any atom is -0.457 e. The molecule has 3 rings (SSSR count). The van der Waals surface area contributed by atoms with Crippen LogP contribution in [-0.2, 0) is 16.6 Å². The summed E-state index contributed by atoms with van der Waals surface area (Å²) in [5.41, 5.74) is 7.99. The molecule has 0 unspecified atom stereocenters. The van der Waals surface area contributed by atoms with Crippen LogP contribution >= 0.6 is 0 Å². The van der Waals surface area contributed by atoms with E-state index >= 15 is 0 Å². The first-order valence-corrected chi connectivity index (χ1v) is 9.60. The van der Waals surface area contributed by atoms with Gasteiger partial charge in [0.05, 0.1) is 4.90 Å². The highest BCUT2D eigenvalue weighted by Gasteiger charge is 2.13. The minimum atomic E-state index is -3.58. The van der Waals surface area contributed by atoms with Gasteiger partial charge in [0.15, 0.2) is 0 Å². The Morgan fingerprint density at radius 2 is 1.58 bits per heavy atom. The molecule has 0 spiro atoms.